The average molecular weight is 282 g/mol. The number of ether oxygens (including phenoxy) is 1. The Morgan fingerprint density at radius 1 is 1.30 bits per heavy atom. The smallest absolute Gasteiger partial charge is 0.324 e. The third-order valence-corrected chi connectivity index (χ3v) is 4.58. The molecule has 1 saturated carbocycles. The van der Waals surface area contributed by atoms with Crippen LogP contribution in [-0.4, -0.2) is 49.7 Å². The van der Waals surface area contributed by atoms with Crippen LogP contribution in [0.5, 0.6) is 0 Å². The van der Waals surface area contributed by atoms with E-state index < -0.39 is 0 Å². The number of nitrogens with zero attached hydrogens (tertiary/aromatic N) is 1. The van der Waals surface area contributed by atoms with E-state index in [1.54, 1.807) is 0 Å². The molecular formula is C16H30N2O2. The molecule has 1 saturated heterocycles. The lowest BCUT2D eigenvalue weighted by molar-refractivity contribution is -0.143. The molecule has 0 radical (unpaired) electrons. The SMILES string of the molecule is CCCC1CCCN(CC(NC2CC2)C(=O)OC)CC1. The zero-order valence-electron chi connectivity index (χ0n) is 13.1. The molecule has 2 fully saturated rings. The summed E-state index contributed by atoms with van der Waals surface area (Å²) in [4.78, 5) is 14.3. The lowest BCUT2D eigenvalue weighted by Gasteiger charge is -2.25. The lowest BCUT2D eigenvalue weighted by atomic mass is 9.96. The largest absolute Gasteiger partial charge is 0.468 e. The molecule has 1 N–H and O–H groups in total. The van der Waals surface area contributed by atoms with Gasteiger partial charge in [0, 0.05) is 12.6 Å². The fourth-order valence-corrected chi connectivity index (χ4v) is 3.23. The fraction of sp³-hybridized carbons (Fsp3) is 0.938. The highest BCUT2D eigenvalue weighted by Gasteiger charge is 2.30. The Hall–Kier alpha value is -0.610. The molecule has 0 bridgehead atoms. The first kappa shape index (κ1) is 15.8. The van der Waals surface area contributed by atoms with Gasteiger partial charge in [0.25, 0.3) is 0 Å². The van der Waals surface area contributed by atoms with E-state index >= 15 is 0 Å². The van der Waals surface area contributed by atoms with Crippen LogP contribution in [0, 0.1) is 5.92 Å². The maximum Gasteiger partial charge on any atom is 0.324 e. The van der Waals surface area contributed by atoms with Crippen molar-refractivity contribution in [2.75, 3.05) is 26.7 Å². The van der Waals surface area contributed by atoms with Crippen LogP contribution in [0.25, 0.3) is 0 Å². The van der Waals surface area contributed by atoms with Crippen LogP contribution in [0.4, 0.5) is 0 Å². The molecular weight excluding hydrogens is 252 g/mol. The van der Waals surface area contributed by atoms with Gasteiger partial charge >= 0.3 is 5.97 Å². The Kier molecular flexibility index (Phi) is 6.30. The van der Waals surface area contributed by atoms with Crippen molar-refractivity contribution >= 4 is 5.97 Å². The van der Waals surface area contributed by atoms with Crippen molar-refractivity contribution in [1.82, 2.24) is 10.2 Å². The Morgan fingerprint density at radius 2 is 2.10 bits per heavy atom. The average Bonchev–Trinajstić information content (AvgIpc) is 3.27. The van der Waals surface area contributed by atoms with Gasteiger partial charge in [0.2, 0.25) is 0 Å². The highest BCUT2D eigenvalue weighted by Crippen LogP contribution is 2.23. The summed E-state index contributed by atoms with van der Waals surface area (Å²) in [5, 5.41) is 3.43. The monoisotopic (exact) mass is 282 g/mol. The summed E-state index contributed by atoms with van der Waals surface area (Å²) in [7, 11) is 1.49. The fourth-order valence-electron chi connectivity index (χ4n) is 3.23. The number of likely N-dealkylation sites (tertiary alicyclic amines) is 1. The van der Waals surface area contributed by atoms with E-state index in [2.05, 4.69) is 17.1 Å². The van der Waals surface area contributed by atoms with E-state index in [9.17, 15) is 4.79 Å². The molecule has 116 valence electrons. The first-order valence-electron chi connectivity index (χ1n) is 8.29. The molecule has 2 aliphatic rings. The van der Waals surface area contributed by atoms with Gasteiger partial charge in [0.1, 0.15) is 6.04 Å². The minimum Gasteiger partial charge on any atom is -0.468 e. The molecule has 0 aromatic heterocycles. The van der Waals surface area contributed by atoms with E-state index in [0.717, 1.165) is 25.6 Å². The highest BCUT2D eigenvalue weighted by molar-refractivity contribution is 5.76. The van der Waals surface area contributed by atoms with Gasteiger partial charge in [-0.3, -0.25) is 4.79 Å². The summed E-state index contributed by atoms with van der Waals surface area (Å²) >= 11 is 0. The van der Waals surface area contributed by atoms with Gasteiger partial charge in [0.05, 0.1) is 7.11 Å². The van der Waals surface area contributed by atoms with E-state index in [1.165, 1.54) is 52.1 Å². The molecule has 1 aliphatic carbocycles. The standard InChI is InChI=1S/C16H30N2O2/c1-3-5-13-6-4-10-18(11-9-13)12-15(16(19)20-2)17-14-7-8-14/h13-15,17H,3-12H2,1-2H3. The van der Waals surface area contributed by atoms with Crippen LogP contribution < -0.4 is 5.32 Å². The van der Waals surface area contributed by atoms with Crippen molar-refractivity contribution in [3.8, 4) is 0 Å². The minimum absolute atomic E-state index is 0.105. The summed E-state index contributed by atoms with van der Waals surface area (Å²) in [6.45, 7) is 5.34. The topological polar surface area (TPSA) is 41.6 Å². The van der Waals surface area contributed by atoms with Gasteiger partial charge in [0.15, 0.2) is 0 Å². The first-order chi connectivity index (χ1) is 9.72. The van der Waals surface area contributed by atoms with Crippen molar-refractivity contribution in [3.05, 3.63) is 0 Å². The predicted molar refractivity (Wildman–Crippen MR) is 80.7 cm³/mol. The molecule has 4 heteroatoms. The summed E-state index contributed by atoms with van der Waals surface area (Å²) in [6, 6.07) is 0.397. The van der Waals surface area contributed by atoms with Crippen molar-refractivity contribution in [2.45, 2.75) is 64.0 Å². The van der Waals surface area contributed by atoms with Crippen LogP contribution in [0.1, 0.15) is 51.9 Å². The molecule has 20 heavy (non-hydrogen) atoms. The first-order valence-corrected chi connectivity index (χ1v) is 8.29. The molecule has 0 amide bonds. The van der Waals surface area contributed by atoms with Crippen LogP contribution >= 0.6 is 0 Å². The molecule has 4 nitrogen and oxygen atoms in total. The third kappa shape index (κ3) is 5.06. The second kappa shape index (κ2) is 7.99. The number of hydrogen-bond acceptors (Lipinski definition) is 4. The molecule has 2 unspecified atom stereocenters. The number of carbonyl (C=O) groups is 1. The number of carbonyl (C=O) groups excluding carboxylic acids is 1. The van der Waals surface area contributed by atoms with Crippen LogP contribution in [0.2, 0.25) is 0 Å². The molecule has 2 rings (SSSR count). The van der Waals surface area contributed by atoms with E-state index in [-0.39, 0.29) is 12.0 Å². The van der Waals surface area contributed by atoms with Crippen molar-refractivity contribution in [3.63, 3.8) is 0 Å². The van der Waals surface area contributed by atoms with Gasteiger partial charge < -0.3 is 15.0 Å². The number of esters is 1. The van der Waals surface area contributed by atoms with Crippen molar-refractivity contribution in [1.29, 1.82) is 0 Å². The minimum atomic E-state index is -0.143. The van der Waals surface area contributed by atoms with Crippen molar-refractivity contribution < 1.29 is 9.53 Å². The Labute approximate surface area is 123 Å². The number of methoxy groups -OCH3 is 1. The molecule has 2 atom stereocenters. The summed E-state index contributed by atoms with van der Waals surface area (Å²) < 4.78 is 4.95. The maximum absolute atomic E-state index is 11.9. The summed E-state index contributed by atoms with van der Waals surface area (Å²) in [5.41, 5.74) is 0. The van der Waals surface area contributed by atoms with Crippen LogP contribution in [-0.2, 0) is 9.53 Å². The number of nitrogens with one attached hydrogen (secondary N) is 1. The van der Waals surface area contributed by atoms with E-state index in [4.69, 9.17) is 4.74 Å². The van der Waals surface area contributed by atoms with Crippen LogP contribution in [0.15, 0.2) is 0 Å². The molecule has 1 heterocycles. The van der Waals surface area contributed by atoms with E-state index in [0.29, 0.717) is 6.04 Å². The van der Waals surface area contributed by atoms with Crippen molar-refractivity contribution in [2.24, 2.45) is 5.92 Å². The van der Waals surface area contributed by atoms with Gasteiger partial charge in [-0.05, 0) is 51.1 Å². The normalized spacial score (nSPS) is 26.0. The predicted octanol–water partition coefficient (Wildman–Crippen LogP) is 2.18. The van der Waals surface area contributed by atoms with Gasteiger partial charge in [-0.1, -0.05) is 19.8 Å². The lowest BCUT2D eigenvalue weighted by Crippen LogP contribution is -2.47. The second-order valence-electron chi connectivity index (χ2n) is 6.40. The summed E-state index contributed by atoms with van der Waals surface area (Å²) in [6.07, 6.45) is 8.95. The molecule has 0 aromatic rings. The Bertz CT molecular complexity index is 305. The number of rotatable bonds is 7. The Balaban J connectivity index is 1.81. The van der Waals surface area contributed by atoms with Crippen LogP contribution in [0.3, 0.4) is 0 Å². The molecule has 0 spiro atoms. The number of hydrogen-bond donors (Lipinski definition) is 1. The molecule has 0 aromatic carbocycles. The zero-order chi connectivity index (χ0) is 14.4. The second-order valence-corrected chi connectivity index (χ2v) is 6.40. The summed E-state index contributed by atoms with van der Waals surface area (Å²) in [5.74, 6) is 0.782. The van der Waals surface area contributed by atoms with Gasteiger partial charge in [-0.2, -0.15) is 0 Å². The van der Waals surface area contributed by atoms with E-state index in [1.807, 2.05) is 0 Å². The highest BCUT2D eigenvalue weighted by atomic mass is 16.5. The van der Waals surface area contributed by atoms with Gasteiger partial charge in [-0.25, -0.2) is 0 Å². The maximum atomic E-state index is 11.9. The zero-order valence-corrected chi connectivity index (χ0v) is 13.1. The third-order valence-electron chi connectivity index (χ3n) is 4.58. The molecule has 1 aliphatic heterocycles. The van der Waals surface area contributed by atoms with Gasteiger partial charge in [-0.15, -0.1) is 0 Å². The quantitative estimate of drug-likeness (QED) is 0.727. The Morgan fingerprint density at radius 3 is 2.75 bits per heavy atom.